The molecule has 0 spiro atoms. The van der Waals surface area contributed by atoms with Gasteiger partial charge in [0.05, 0.1) is 17.9 Å². The van der Waals surface area contributed by atoms with E-state index in [-0.39, 0.29) is 17.7 Å². The number of ether oxygens (including phenoxy) is 2. The van der Waals surface area contributed by atoms with Gasteiger partial charge in [-0.2, -0.15) is 9.61 Å². The highest BCUT2D eigenvalue weighted by molar-refractivity contribution is 7.16. The molecular formula is C16H14FN3O4S. The van der Waals surface area contributed by atoms with Crippen LogP contribution < -0.4 is 5.56 Å². The number of hydrogen-bond donors (Lipinski definition) is 0. The predicted octanol–water partition coefficient (Wildman–Crippen LogP) is 1.84. The molecule has 0 saturated carbocycles. The van der Waals surface area contributed by atoms with Gasteiger partial charge in [-0.3, -0.25) is 4.79 Å². The van der Waals surface area contributed by atoms with Gasteiger partial charge >= 0.3 is 5.97 Å². The zero-order valence-corrected chi connectivity index (χ0v) is 14.1. The van der Waals surface area contributed by atoms with Crippen molar-refractivity contribution in [2.24, 2.45) is 0 Å². The fourth-order valence-electron chi connectivity index (χ4n) is 2.10. The third-order valence-electron chi connectivity index (χ3n) is 3.27. The first-order chi connectivity index (χ1) is 12.1. The largest absolute Gasteiger partial charge is 0.456 e. The van der Waals surface area contributed by atoms with Gasteiger partial charge in [0, 0.05) is 19.6 Å². The van der Waals surface area contributed by atoms with Crippen LogP contribution in [0.2, 0.25) is 0 Å². The summed E-state index contributed by atoms with van der Waals surface area (Å²) in [6, 6.07) is 6.44. The standard InChI is InChI=1S/C16H14FN3O4S/c1-23-6-5-13-19-20-14(21)8-12(18-16(20)25-13)9-24-15(22)10-3-2-4-11(17)7-10/h2-4,7-8H,5-6,9H2,1H3. The summed E-state index contributed by atoms with van der Waals surface area (Å²) in [5.74, 6) is -1.22. The lowest BCUT2D eigenvalue weighted by Gasteiger charge is -2.04. The highest BCUT2D eigenvalue weighted by Gasteiger charge is 2.12. The topological polar surface area (TPSA) is 82.8 Å². The van der Waals surface area contributed by atoms with E-state index in [1.54, 1.807) is 7.11 Å². The van der Waals surface area contributed by atoms with Gasteiger partial charge in [0.15, 0.2) is 0 Å². The number of hydrogen-bond acceptors (Lipinski definition) is 7. The lowest BCUT2D eigenvalue weighted by Crippen LogP contribution is -2.16. The van der Waals surface area contributed by atoms with E-state index in [1.165, 1.54) is 40.1 Å². The number of nitrogens with zero attached hydrogens (tertiary/aromatic N) is 3. The fourth-order valence-corrected chi connectivity index (χ4v) is 3.00. The minimum Gasteiger partial charge on any atom is -0.456 e. The van der Waals surface area contributed by atoms with Crippen molar-refractivity contribution in [3.05, 3.63) is 62.8 Å². The van der Waals surface area contributed by atoms with Gasteiger partial charge < -0.3 is 9.47 Å². The molecule has 0 radical (unpaired) electrons. The van der Waals surface area contributed by atoms with Crippen LogP contribution >= 0.6 is 11.3 Å². The van der Waals surface area contributed by atoms with Crippen LogP contribution in [-0.4, -0.2) is 34.3 Å². The first-order valence-electron chi connectivity index (χ1n) is 7.37. The summed E-state index contributed by atoms with van der Waals surface area (Å²) < 4.78 is 24.4. The third kappa shape index (κ3) is 4.06. The molecule has 0 bridgehead atoms. The molecule has 2 aromatic heterocycles. The van der Waals surface area contributed by atoms with E-state index in [1.807, 2.05) is 0 Å². The van der Waals surface area contributed by atoms with E-state index in [2.05, 4.69) is 10.1 Å². The zero-order chi connectivity index (χ0) is 17.8. The molecule has 0 saturated heterocycles. The van der Waals surface area contributed by atoms with Crippen molar-refractivity contribution in [1.29, 1.82) is 0 Å². The molecule has 0 aliphatic rings. The summed E-state index contributed by atoms with van der Waals surface area (Å²) in [6.07, 6.45) is 0.577. The Labute approximate surface area is 145 Å². The molecular weight excluding hydrogens is 349 g/mol. The lowest BCUT2D eigenvalue weighted by atomic mass is 10.2. The number of methoxy groups -OCH3 is 1. The summed E-state index contributed by atoms with van der Waals surface area (Å²) >= 11 is 1.27. The van der Waals surface area contributed by atoms with Gasteiger partial charge in [0.25, 0.3) is 5.56 Å². The van der Waals surface area contributed by atoms with Crippen LogP contribution in [0, 0.1) is 5.82 Å². The van der Waals surface area contributed by atoms with E-state index in [0.29, 0.717) is 23.7 Å². The smallest absolute Gasteiger partial charge is 0.338 e. The fraction of sp³-hybridized carbons (Fsp3) is 0.250. The second-order valence-electron chi connectivity index (χ2n) is 5.11. The molecule has 1 aromatic carbocycles. The Kier molecular flexibility index (Phi) is 5.15. The first-order valence-corrected chi connectivity index (χ1v) is 8.19. The maximum absolute atomic E-state index is 13.1. The highest BCUT2D eigenvalue weighted by atomic mass is 32.1. The van der Waals surface area contributed by atoms with Gasteiger partial charge in [-0.1, -0.05) is 17.4 Å². The van der Waals surface area contributed by atoms with Crippen molar-refractivity contribution in [2.45, 2.75) is 13.0 Å². The SMILES string of the molecule is COCCc1nn2c(=O)cc(COC(=O)c3cccc(F)c3)nc2s1. The van der Waals surface area contributed by atoms with Gasteiger partial charge in [-0.05, 0) is 18.2 Å². The molecule has 0 atom stereocenters. The summed E-state index contributed by atoms with van der Waals surface area (Å²) in [5, 5.41) is 4.90. The van der Waals surface area contributed by atoms with Crippen LogP contribution in [-0.2, 0) is 22.5 Å². The molecule has 0 fully saturated rings. The number of carbonyl (C=O) groups is 1. The predicted molar refractivity (Wildman–Crippen MR) is 88.2 cm³/mol. The summed E-state index contributed by atoms with van der Waals surface area (Å²) in [6.45, 7) is 0.305. The monoisotopic (exact) mass is 363 g/mol. The van der Waals surface area contributed by atoms with Crippen molar-refractivity contribution < 1.29 is 18.7 Å². The second-order valence-corrected chi connectivity index (χ2v) is 6.15. The molecule has 2 heterocycles. The first kappa shape index (κ1) is 17.2. The van der Waals surface area contributed by atoms with E-state index >= 15 is 0 Å². The minimum atomic E-state index is -0.688. The maximum Gasteiger partial charge on any atom is 0.338 e. The van der Waals surface area contributed by atoms with Gasteiger partial charge in [0.1, 0.15) is 17.4 Å². The molecule has 7 nitrogen and oxygen atoms in total. The molecule has 0 amide bonds. The van der Waals surface area contributed by atoms with Crippen LogP contribution in [0.4, 0.5) is 4.39 Å². The number of benzene rings is 1. The Morgan fingerprint density at radius 2 is 2.20 bits per heavy atom. The van der Waals surface area contributed by atoms with Crippen molar-refractivity contribution in [3.63, 3.8) is 0 Å². The Morgan fingerprint density at radius 3 is 2.96 bits per heavy atom. The number of rotatable bonds is 6. The van der Waals surface area contributed by atoms with Crippen molar-refractivity contribution in [3.8, 4) is 0 Å². The number of halogens is 1. The molecule has 9 heteroatoms. The van der Waals surface area contributed by atoms with E-state index in [9.17, 15) is 14.0 Å². The zero-order valence-electron chi connectivity index (χ0n) is 13.3. The van der Waals surface area contributed by atoms with Crippen LogP contribution in [0.1, 0.15) is 21.1 Å². The van der Waals surface area contributed by atoms with Gasteiger partial charge in [0.2, 0.25) is 4.96 Å². The molecule has 0 aliphatic heterocycles. The average molecular weight is 363 g/mol. The maximum atomic E-state index is 13.1. The summed E-state index contributed by atoms with van der Waals surface area (Å²) in [5.41, 5.74) is 0.0378. The Balaban J connectivity index is 1.75. The van der Waals surface area contributed by atoms with Crippen molar-refractivity contribution >= 4 is 22.3 Å². The van der Waals surface area contributed by atoms with Gasteiger partial charge in [-0.25, -0.2) is 14.2 Å². The molecule has 0 aliphatic carbocycles. The summed E-state index contributed by atoms with van der Waals surface area (Å²) in [7, 11) is 1.59. The highest BCUT2D eigenvalue weighted by Crippen LogP contribution is 2.13. The minimum absolute atomic E-state index is 0.0949. The number of esters is 1. The average Bonchev–Trinajstić information content (AvgIpc) is 3.01. The van der Waals surface area contributed by atoms with Crippen LogP contribution in [0.3, 0.4) is 0 Å². The van der Waals surface area contributed by atoms with E-state index < -0.39 is 11.8 Å². The van der Waals surface area contributed by atoms with E-state index in [4.69, 9.17) is 9.47 Å². The van der Waals surface area contributed by atoms with Crippen molar-refractivity contribution in [1.82, 2.24) is 14.6 Å². The molecule has 3 aromatic rings. The Bertz CT molecular complexity index is 969. The molecule has 3 rings (SSSR count). The summed E-state index contributed by atoms with van der Waals surface area (Å²) in [4.78, 5) is 28.7. The Hall–Kier alpha value is -2.65. The molecule has 130 valence electrons. The van der Waals surface area contributed by atoms with Crippen LogP contribution in [0.25, 0.3) is 4.96 Å². The van der Waals surface area contributed by atoms with Crippen LogP contribution in [0.5, 0.6) is 0 Å². The number of carbonyl (C=O) groups excluding carboxylic acids is 1. The molecule has 25 heavy (non-hydrogen) atoms. The van der Waals surface area contributed by atoms with E-state index in [0.717, 1.165) is 11.1 Å². The van der Waals surface area contributed by atoms with Crippen molar-refractivity contribution in [2.75, 3.05) is 13.7 Å². The lowest BCUT2D eigenvalue weighted by molar-refractivity contribution is 0.0467. The quantitative estimate of drug-likeness (QED) is 0.622. The normalized spacial score (nSPS) is 11.0. The second kappa shape index (κ2) is 7.49. The molecule has 0 N–H and O–H groups in total. The number of fused-ring (bicyclic) bond motifs is 1. The van der Waals surface area contributed by atoms with Crippen LogP contribution in [0.15, 0.2) is 35.1 Å². The third-order valence-corrected chi connectivity index (χ3v) is 4.24. The molecule has 0 unspecified atom stereocenters. The number of aromatic nitrogens is 3. The Morgan fingerprint density at radius 1 is 1.36 bits per heavy atom. The van der Waals surface area contributed by atoms with Gasteiger partial charge in [-0.15, -0.1) is 0 Å².